The Morgan fingerprint density at radius 1 is 1.55 bits per heavy atom. The molecule has 1 rings (SSSR count). The molecule has 0 N–H and O–H groups in total. The first-order valence-corrected chi connectivity index (χ1v) is 4.06. The zero-order chi connectivity index (χ0) is 8.32. The maximum Gasteiger partial charge on any atom is 0.0609 e. The third kappa shape index (κ3) is 1.51. The van der Waals surface area contributed by atoms with Crippen molar-refractivity contribution in [3.05, 3.63) is 12.2 Å². The Kier molecular flexibility index (Phi) is 2.45. The second-order valence-corrected chi connectivity index (χ2v) is 3.20. The van der Waals surface area contributed by atoms with Gasteiger partial charge in [-0.05, 0) is 26.6 Å². The minimum atomic E-state index is 0.175. The van der Waals surface area contributed by atoms with E-state index in [1.54, 1.807) is 0 Å². The average molecular weight is 152 g/mol. The first kappa shape index (κ1) is 8.47. The molecule has 0 aromatic rings. The van der Waals surface area contributed by atoms with E-state index < -0.39 is 0 Å². The van der Waals surface area contributed by atoms with E-state index in [4.69, 9.17) is 0 Å². The largest absolute Gasteiger partial charge is 0.299 e. The van der Waals surface area contributed by atoms with Gasteiger partial charge in [0.1, 0.15) is 0 Å². The summed E-state index contributed by atoms with van der Waals surface area (Å²) < 4.78 is 0. The lowest BCUT2D eigenvalue weighted by atomic mass is 9.93. The van der Waals surface area contributed by atoms with Gasteiger partial charge in [0.15, 0.2) is 0 Å². The van der Waals surface area contributed by atoms with Gasteiger partial charge < -0.3 is 0 Å². The molecule has 1 aliphatic heterocycles. The molecule has 0 fully saturated rings. The van der Waals surface area contributed by atoms with Gasteiger partial charge in [0.2, 0.25) is 0 Å². The zero-order valence-corrected chi connectivity index (χ0v) is 7.54. The third-order valence-corrected chi connectivity index (χ3v) is 2.47. The van der Waals surface area contributed by atoms with Crippen molar-refractivity contribution in [2.75, 3.05) is 20.6 Å². The van der Waals surface area contributed by atoms with Crippen LogP contribution in [0.1, 0.15) is 13.3 Å². The van der Waals surface area contributed by atoms with Crippen LogP contribution in [0.2, 0.25) is 0 Å². The highest BCUT2D eigenvalue weighted by atomic mass is 15.2. The Morgan fingerprint density at radius 2 is 2.27 bits per heavy atom. The third-order valence-electron chi connectivity index (χ3n) is 2.47. The van der Waals surface area contributed by atoms with Gasteiger partial charge >= 0.3 is 0 Å². The highest BCUT2D eigenvalue weighted by Gasteiger charge is 2.27. The summed E-state index contributed by atoms with van der Waals surface area (Å²) in [5, 5.41) is 0. The van der Waals surface area contributed by atoms with Crippen molar-refractivity contribution >= 4 is 6.21 Å². The van der Waals surface area contributed by atoms with Gasteiger partial charge in [-0.15, -0.1) is 0 Å². The highest BCUT2D eigenvalue weighted by Crippen LogP contribution is 2.20. The fourth-order valence-corrected chi connectivity index (χ4v) is 1.38. The van der Waals surface area contributed by atoms with Crippen LogP contribution >= 0.6 is 0 Å². The van der Waals surface area contributed by atoms with Crippen molar-refractivity contribution in [1.82, 2.24) is 4.90 Å². The van der Waals surface area contributed by atoms with Crippen LogP contribution in [-0.4, -0.2) is 37.3 Å². The SMILES string of the molecule is CCC1(N(C)C)C=CC=NC1. The summed E-state index contributed by atoms with van der Waals surface area (Å²) in [7, 11) is 4.21. The van der Waals surface area contributed by atoms with Crippen molar-refractivity contribution in [1.29, 1.82) is 0 Å². The van der Waals surface area contributed by atoms with E-state index in [1.807, 2.05) is 12.3 Å². The fourth-order valence-electron chi connectivity index (χ4n) is 1.38. The van der Waals surface area contributed by atoms with E-state index >= 15 is 0 Å². The van der Waals surface area contributed by atoms with Crippen LogP contribution in [0.4, 0.5) is 0 Å². The van der Waals surface area contributed by atoms with E-state index in [2.05, 4.69) is 37.0 Å². The summed E-state index contributed by atoms with van der Waals surface area (Å²) in [6.07, 6.45) is 7.26. The first-order chi connectivity index (χ1) is 5.21. The van der Waals surface area contributed by atoms with Crippen LogP contribution in [0.25, 0.3) is 0 Å². The molecule has 0 aliphatic carbocycles. The summed E-state index contributed by atoms with van der Waals surface area (Å²) in [6.45, 7) is 3.10. The molecule has 1 aliphatic rings. The average Bonchev–Trinajstić information content (AvgIpc) is 2.05. The first-order valence-electron chi connectivity index (χ1n) is 4.06. The molecule has 0 aromatic heterocycles. The van der Waals surface area contributed by atoms with Crippen LogP contribution in [0, 0.1) is 0 Å². The quantitative estimate of drug-likeness (QED) is 0.583. The molecule has 1 unspecified atom stereocenters. The maximum atomic E-state index is 4.27. The van der Waals surface area contributed by atoms with E-state index in [1.165, 1.54) is 0 Å². The molecule has 0 radical (unpaired) electrons. The molecule has 0 aromatic carbocycles. The standard InChI is InChI=1S/C9H16N2/c1-4-9(11(2)3)6-5-7-10-8-9/h5-7H,4,8H2,1-3H3. The van der Waals surface area contributed by atoms with E-state index in [9.17, 15) is 0 Å². The minimum absolute atomic E-state index is 0.175. The smallest absolute Gasteiger partial charge is 0.0609 e. The number of allylic oxidation sites excluding steroid dienone is 1. The molecular formula is C9H16N2. The summed E-state index contributed by atoms with van der Waals surface area (Å²) in [5.74, 6) is 0. The second-order valence-electron chi connectivity index (χ2n) is 3.20. The number of hydrogen-bond acceptors (Lipinski definition) is 2. The number of likely N-dealkylation sites (N-methyl/N-ethyl adjacent to an activating group) is 1. The fraction of sp³-hybridized carbons (Fsp3) is 0.667. The minimum Gasteiger partial charge on any atom is -0.299 e. The molecule has 1 heterocycles. The van der Waals surface area contributed by atoms with Crippen molar-refractivity contribution in [3.8, 4) is 0 Å². The summed E-state index contributed by atoms with van der Waals surface area (Å²) in [6, 6.07) is 0. The zero-order valence-electron chi connectivity index (χ0n) is 7.54. The molecule has 2 heteroatoms. The predicted octanol–water partition coefficient (Wildman–Crippen LogP) is 1.34. The summed E-state index contributed by atoms with van der Waals surface area (Å²) in [4.78, 5) is 6.51. The Hall–Kier alpha value is -0.630. The van der Waals surface area contributed by atoms with Crippen LogP contribution < -0.4 is 0 Å². The van der Waals surface area contributed by atoms with Crippen LogP contribution in [-0.2, 0) is 0 Å². The van der Waals surface area contributed by atoms with Crippen molar-refractivity contribution in [3.63, 3.8) is 0 Å². The monoisotopic (exact) mass is 152 g/mol. The normalized spacial score (nSPS) is 29.8. The lowest BCUT2D eigenvalue weighted by Gasteiger charge is -2.36. The molecule has 0 spiro atoms. The van der Waals surface area contributed by atoms with E-state index in [0.717, 1.165) is 13.0 Å². The summed E-state index contributed by atoms with van der Waals surface area (Å²) >= 11 is 0. The number of dihydropyridines is 1. The Balaban J connectivity index is 2.77. The van der Waals surface area contributed by atoms with Crippen LogP contribution in [0.3, 0.4) is 0 Å². The Morgan fingerprint density at radius 3 is 2.55 bits per heavy atom. The van der Waals surface area contributed by atoms with Gasteiger partial charge in [0, 0.05) is 6.21 Å². The van der Waals surface area contributed by atoms with Crippen LogP contribution in [0.5, 0.6) is 0 Å². The molecule has 11 heavy (non-hydrogen) atoms. The highest BCUT2D eigenvalue weighted by molar-refractivity contribution is 5.72. The van der Waals surface area contributed by atoms with Crippen molar-refractivity contribution in [2.45, 2.75) is 18.9 Å². The maximum absolute atomic E-state index is 4.27. The Labute approximate surface area is 68.6 Å². The topological polar surface area (TPSA) is 15.6 Å². The number of hydrogen-bond donors (Lipinski definition) is 0. The number of aliphatic imine (C=N–C) groups is 1. The van der Waals surface area contributed by atoms with Gasteiger partial charge in [0.25, 0.3) is 0 Å². The summed E-state index contributed by atoms with van der Waals surface area (Å²) in [5.41, 5.74) is 0.175. The molecule has 0 saturated carbocycles. The van der Waals surface area contributed by atoms with Crippen molar-refractivity contribution < 1.29 is 0 Å². The van der Waals surface area contributed by atoms with Crippen LogP contribution in [0.15, 0.2) is 17.1 Å². The van der Waals surface area contributed by atoms with E-state index in [-0.39, 0.29) is 5.54 Å². The van der Waals surface area contributed by atoms with Gasteiger partial charge in [-0.25, -0.2) is 0 Å². The molecule has 2 nitrogen and oxygen atoms in total. The molecule has 62 valence electrons. The number of rotatable bonds is 2. The molecule has 1 atom stereocenters. The van der Waals surface area contributed by atoms with Crippen molar-refractivity contribution in [2.24, 2.45) is 4.99 Å². The second kappa shape index (κ2) is 3.18. The molecule has 0 bridgehead atoms. The lowest BCUT2D eigenvalue weighted by molar-refractivity contribution is 0.208. The molecular weight excluding hydrogens is 136 g/mol. The number of nitrogens with zero attached hydrogens (tertiary/aromatic N) is 2. The lowest BCUT2D eigenvalue weighted by Crippen LogP contribution is -2.45. The van der Waals surface area contributed by atoms with Gasteiger partial charge in [-0.2, -0.15) is 0 Å². The Bertz CT molecular complexity index is 182. The van der Waals surface area contributed by atoms with Gasteiger partial charge in [-0.3, -0.25) is 9.89 Å². The van der Waals surface area contributed by atoms with Gasteiger partial charge in [-0.1, -0.05) is 13.0 Å². The molecule has 0 amide bonds. The predicted molar refractivity (Wildman–Crippen MR) is 49.2 cm³/mol. The van der Waals surface area contributed by atoms with Gasteiger partial charge in [0.05, 0.1) is 12.1 Å². The van der Waals surface area contributed by atoms with E-state index in [0.29, 0.717) is 0 Å². The molecule has 0 saturated heterocycles.